The molecule has 1 aromatic rings. The molecule has 0 spiro atoms. The minimum absolute atomic E-state index is 0. The summed E-state index contributed by atoms with van der Waals surface area (Å²) in [5.41, 5.74) is 1.35. The summed E-state index contributed by atoms with van der Waals surface area (Å²) in [7, 11) is 0. The van der Waals surface area contributed by atoms with E-state index < -0.39 is 0 Å². The Labute approximate surface area is 137 Å². The summed E-state index contributed by atoms with van der Waals surface area (Å²) in [6.45, 7) is 4.54. The van der Waals surface area contributed by atoms with Crippen molar-refractivity contribution in [3.63, 3.8) is 0 Å². The Morgan fingerprint density at radius 1 is 1.40 bits per heavy atom. The van der Waals surface area contributed by atoms with Crippen LogP contribution in [0.3, 0.4) is 0 Å². The van der Waals surface area contributed by atoms with Crippen LogP contribution in [0.15, 0.2) is 24.3 Å². The van der Waals surface area contributed by atoms with Crippen molar-refractivity contribution in [1.29, 1.82) is 0 Å². The van der Waals surface area contributed by atoms with Gasteiger partial charge in [0.05, 0.1) is 0 Å². The van der Waals surface area contributed by atoms with Gasteiger partial charge in [0.15, 0.2) is 0 Å². The topological polar surface area (TPSA) is 15.3 Å². The quantitative estimate of drug-likeness (QED) is 0.912. The van der Waals surface area contributed by atoms with Gasteiger partial charge in [-0.05, 0) is 41.5 Å². The van der Waals surface area contributed by atoms with Crippen LogP contribution < -0.4 is 5.32 Å². The lowest BCUT2D eigenvalue weighted by Gasteiger charge is -2.38. The molecule has 0 bridgehead atoms. The maximum absolute atomic E-state index is 6.14. The van der Waals surface area contributed by atoms with Crippen molar-refractivity contribution < 1.29 is 0 Å². The molecule has 2 fully saturated rings. The minimum atomic E-state index is 0. The maximum Gasteiger partial charge on any atom is 0.0473 e. The molecule has 5 heteroatoms. The summed E-state index contributed by atoms with van der Waals surface area (Å²) in [6.07, 6.45) is 1.39. The highest BCUT2D eigenvalue weighted by molar-refractivity contribution is 7.99. The molecule has 2 saturated heterocycles. The highest BCUT2D eigenvalue weighted by atomic mass is 35.5. The van der Waals surface area contributed by atoms with Crippen LogP contribution in [0.4, 0.5) is 0 Å². The third kappa shape index (κ3) is 4.05. The van der Waals surface area contributed by atoms with Crippen molar-refractivity contribution in [2.24, 2.45) is 5.92 Å². The Morgan fingerprint density at radius 2 is 2.30 bits per heavy atom. The van der Waals surface area contributed by atoms with Gasteiger partial charge in [0.25, 0.3) is 0 Å². The number of hydrogen-bond donors (Lipinski definition) is 1. The second kappa shape index (κ2) is 7.90. The number of nitrogens with zero attached hydrogens (tertiary/aromatic N) is 1. The van der Waals surface area contributed by atoms with Crippen LogP contribution in [0.25, 0.3) is 0 Å². The lowest BCUT2D eigenvalue weighted by molar-refractivity contribution is 0.142. The number of nitrogens with one attached hydrogen (secondary N) is 1. The summed E-state index contributed by atoms with van der Waals surface area (Å²) in [4.78, 5) is 2.65. The zero-order chi connectivity index (χ0) is 13.1. The summed E-state index contributed by atoms with van der Waals surface area (Å²) in [5, 5.41) is 4.36. The van der Waals surface area contributed by atoms with E-state index >= 15 is 0 Å². The Bertz CT molecular complexity index is 424. The van der Waals surface area contributed by atoms with Gasteiger partial charge in [0.2, 0.25) is 0 Å². The molecule has 2 nitrogen and oxygen atoms in total. The zero-order valence-electron chi connectivity index (χ0n) is 11.6. The van der Waals surface area contributed by atoms with Crippen LogP contribution in [0.5, 0.6) is 0 Å². The number of rotatable bonds is 3. The normalized spacial score (nSPS) is 27.2. The second-order valence-corrected chi connectivity index (χ2v) is 7.09. The van der Waals surface area contributed by atoms with Gasteiger partial charge in [-0.25, -0.2) is 0 Å². The number of halogens is 2. The third-order valence-corrected chi connectivity index (χ3v) is 5.57. The van der Waals surface area contributed by atoms with Gasteiger partial charge < -0.3 is 5.32 Å². The monoisotopic (exact) mass is 332 g/mol. The van der Waals surface area contributed by atoms with Crippen LogP contribution in [0.2, 0.25) is 5.02 Å². The fourth-order valence-electron chi connectivity index (χ4n) is 3.07. The molecule has 2 atom stereocenters. The fourth-order valence-corrected chi connectivity index (χ4v) is 4.54. The number of piperazine rings is 1. The zero-order valence-corrected chi connectivity index (χ0v) is 13.9. The molecule has 2 aliphatic rings. The van der Waals surface area contributed by atoms with E-state index in [-0.39, 0.29) is 12.4 Å². The van der Waals surface area contributed by atoms with E-state index in [9.17, 15) is 0 Å². The van der Waals surface area contributed by atoms with Crippen molar-refractivity contribution in [3.8, 4) is 0 Å². The second-order valence-electron chi connectivity index (χ2n) is 5.50. The Morgan fingerprint density at radius 3 is 3.05 bits per heavy atom. The smallest absolute Gasteiger partial charge is 0.0473 e. The molecule has 2 heterocycles. The van der Waals surface area contributed by atoms with E-state index in [1.807, 2.05) is 6.07 Å². The van der Waals surface area contributed by atoms with E-state index in [2.05, 4.69) is 40.2 Å². The highest BCUT2D eigenvalue weighted by Gasteiger charge is 2.27. The number of thioether (sulfide) groups is 1. The molecule has 3 rings (SSSR count). The Hall–Kier alpha value is 0.0700. The third-order valence-electron chi connectivity index (χ3n) is 4.10. The van der Waals surface area contributed by atoms with E-state index in [1.165, 1.54) is 30.0 Å². The average molecular weight is 333 g/mol. The Balaban J connectivity index is 0.00000147. The van der Waals surface area contributed by atoms with E-state index in [4.69, 9.17) is 11.6 Å². The van der Waals surface area contributed by atoms with Crippen LogP contribution in [0.1, 0.15) is 18.0 Å². The van der Waals surface area contributed by atoms with Crippen molar-refractivity contribution >= 4 is 35.8 Å². The average Bonchev–Trinajstić information content (AvgIpc) is 2.92. The van der Waals surface area contributed by atoms with E-state index in [0.29, 0.717) is 6.04 Å². The summed E-state index contributed by atoms with van der Waals surface area (Å²) in [5.74, 6) is 3.56. The summed E-state index contributed by atoms with van der Waals surface area (Å²) >= 11 is 8.25. The van der Waals surface area contributed by atoms with Gasteiger partial charge in [0.1, 0.15) is 0 Å². The molecular weight excluding hydrogens is 311 g/mol. The van der Waals surface area contributed by atoms with Gasteiger partial charge >= 0.3 is 0 Å². The van der Waals surface area contributed by atoms with Gasteiger partial charge in [-0.3, -0.25) is 4.90 Å². The van der Waals surface area contributed by atoms with Crippen molar-refractivity contribution in [2.75, 3.05) is 37.7 Å². The molecule has 1 N–H and O–H groups in total. The predicted octanol–water partition coefficient (Wildman–Crippen LogP) is 3.46. The molecule has 1 aromatic carbocycles. The van der Waals surface area contributed by atoms with Crippen LogP contribution in [0, 0.1) is 5.92 Å². The molecule has 2 unspecified atom stereocenters. The minimum Gasteiger partial charge on any atom is -0.314 e. The molecular formula is C15H22Cl2N2S. The largest absolute Gasteiger partial charge is 0.314 e. The molecule has 112 valence electrons. The van der Waals surface area contributed by atoms with Gasteiger partial charge in [-0.1, -0.05) is 23.7 Å². The molecule has 20 heavy (non-hydrogen) atoms. The summed E-state index contributed by atoms with van der Waals surface area (Å²) < 4.78 is 0. The number of hydrogen-bond acceptors (Lipinski definition) is 3. The fraction of sp³-hybridized carbons (Fsp3) is 0.600. The van der Waals surface area contributed by atoms with Gasteiger partial charge in [-0.15, -0.1) is 12.4 Å². The van der Waals surface area contributed by atoms with Crippen LogP contribution >= 0.6 is 35.8 Å². The standard InChI is InChI=1S/C15H21ClN2S.ClH/c16-14-3-1-2-13(8-14)15-9-17-5-6-18(15)10-12-4-7-19-11-12;/h1-3,8,12,15,17H,4-7,9-11H2;1H. The first-order chi connectivity index (χ1) is 9.33. The first-order valence-electron chi connectivity index (χ1n) is 7.11. The van der Waals surface area contributed by atoms with Gasteiger partial charge in [-0.2, -0.15) is 11.8 Å². The van der Waals surface area contributed by atoms with Gasteiger partial charge in [0, 0.05) is 37.2 Å². The molecule has 0 aliphatic carbocycles. The highest BCUT2D eigenvalue weighted by Crippen LogP contribution is 2.29. The molecule has 0 radical (unpaired) electrons. The predicted molar refractivity (Wildman–Crippen MR) is 91.3 cm³/mol. The van der Waals surface area contributed by atoms with E-state index in [1.54, 1.807) is 0 Å². The first-order valence-corrected chi connectivity index (χ1v) is 8.64. The number of benzene rings is 1. The summed E-state index contributed by atoms with van der Waals surface area (Å²) in [6, 6.07) is 8.84. The molecule has 0 amide bonds. The Kier molecular flexibility index (Phi) is 6.50. The lowest BCUT2D eigenvalue weighted by atomic mass is 10.0. The van der Waals surface area contributed by atoms with Crippen molar-refractivity contribution in [1.82, 2.24) is 10.2 Å². The SMILES string of the molecule is Cl.Clc1cccc(C2CNCCN2CC2CCSC2)c1. The molecule has 0 saturated carbocycles. The lowest BCUT2D eigenvalue weighted by Crippen LogP contribution is -2.47. The maximum atomic E-state index is 6.14. The van der Waals surface area contributed by atoms with Crippen molar-refractivity contribution in [2.45, 2.75) is 12.5 Å². The van der Waals surface area contributed by atoms with Crippen LogP contribution in [-0.2, 0) is 0 Å². The van der Waals surface area contributed by atoms with Crippen LogP contribution in [-0.4, -0.2) is 42.6 Å². The first kappa shape index (κ1) is 16.4. The van der Waals surface area contributed by atoms with E-state index in [0.717, 1.165) is 30.6 Å². The van der Waals surface area contributed by atoms with Crippen molar-refractivity contribution in [3.05, 3.63) is 34.9 Å². The molecule has 0 aromatic heterocycles. The molecule has 2 aliphatic heterocycles.